The molecule has 0 aliphatic heterocycles. The van der Waals surface area contributed by atoms with Crippen LogP contribution in [0, 0.1) is 32.8 Å². The number of hydrogen-bond acceptors (Lipinski definition) is 4. The Morgan fingerprint density at radius 1 is 0.921 bits per heavy atom. The van der Waals surface area contributed by atoms with Gasteiger partial charge in [0.1, 0.15) is 0 Å². The normalized spacial score (nSPS) is 14.1. The number of fused-ring (bicyclic) bond motifs is 3. The molecule has 4 aromatic heterocycles. The van der Waals surface area contributed by atoms with Crippen molar-refractivity contribution >= 4 is 22.1 Å². The maximum atomic E-state index is 8.24. The first-order chi connectivity index (χ1) is 20.8. The third-order valence-electron chi connectivity index (χ3n) is 5.83. The standard InChI is InChI=1S/C20H17N2O.C13H12N.Ir/c1-12(2)14-9-10-21-18(11-14)17-6-4-5-15-16-8-7-13(3)22-20(16)23-19(15)17;1-10-3-6-12(7-4-10)13-8-5-11(2)9-14-13;/h4-5,7-12H,1-3H3;3-6,8-9H,1-2H3;/q2*-1;/i3D2,12D;1D,2D3;. The van der Waals surface area contributed by atoms with Crippen molar-refractivity contribution in [2.24, 2.45) is 0 Å². The van der Waals surface area contributed by atoms with Crippen LogP contribution in [0.4, 0.5) is 0 Å². The third-order valence-corrected chi connectivity index (χ3v) is 5.83. The third kappa shape index (κ3) is 5.91. The molecule has 2 aromatic carbocycles. The van der Waals surface area contributed by atoms with Gasteiger partial charge in [-0.3, -0.25) is 0 Å². The van der Waals surface area contributed by atoms with Crippen LogP contribution in [0.25, 0.3) is 44.6 Å². The summed E-state index contributed by atoms with van der Waals surface area (Å²) in [5.74, 6) is -0.729. The van der Waals surface area contributed by atoms with Gasteiger partial charge in [-0.15, -0.1) is 53.6 Å². The first-order valence-electron chi connectivity index (χ1n) is 15.5. The van der Waals surface area contributed by atoms with Gasteiger partial charge in [0.15, 0.2) is 0 Å². The molecule has 38 heavy (non-hydrogen) atoms. The van der Waals surface area contributed by atoms with E-state index in [1.165, 1.54) is 6.20 Å². The van der Waals surface area contributed by atoms with E-state index in [0.29, 0.717) is 33.9 Å². The summed E-state index contributed by atoms with van der Waals surface area (Å²) in [6, 6.07) is 25.8. The molecule has 6 aromatic rings. The fraction of sp³-hybridized carbons (Fsp3) is 0.182. The molecular formula is C33H29IrN3O-2. The van der Waals surface area contributed by atoms with Crippen molar-refractivity contribution in [1.29, 1.82) is 0 Å². The zero-order chi connectivity index (χ0) is 31.6. The van der Waals surface area contributed by atoms with Crippen LogP contribution >= 0.6 is 0 Å². The first kappa shape index (κ1) is 19.4. The largest absolute Gasteiger partial charge is 0.486 e. The van der Waals surface area contributed by atoms with Gasteiger partial charge in [0.2, 0.25) is 5.71 Å². The van der Waals surface area contributed by atoms with Crippen molar-refractivity contribution in [3.8, 4) is 22.5 Å². The maximum absolute atomic E-state index is 8.24. The molecule has 0 bridgehead atoms. The van der Waals surface area contributed by atoms with Crippen molar-refractivity contribution < 1.29 is 34.1 Å². The Balaban J connectivity index is 0.000000214. The molecule has 0 saturated carbocycles. The summed E-state index contributed by atoms with van der Waals surface area (Å²) in [6.45, 7) is 0.616. The summed E-state index contributed by atoms with van der Waals surface area (Å²) in [7, 11) is 0. The van der Waals surface area contributed by atoms with Gasteiger partial charge in [0, 0.05) is 53.2 Å². The summed E-state index contributed by atoms with van der Waals surface area (Å²) in [5.41, 5.74) is 6.21. The predicted molar refractivity (Wildman–Crippen MR) is 150 cm³/mol. The number of furan rings is 1. The van der Waals surface area contributed by atoms with Gasteiger partial charge < -0.3 is 14.4 Å². The van der Waals surface area contributed by atoms with Crippen LogP contribution in [-0.2, 0) is 20.1 Å². The van der Waals surface area contributed by atoms with Gasteiger partial charge in [0.25, 0.3) is 0 Å². The molecule has 5 heteroatoms. The quantitative estimate of drug-likeness (QED) is 0.176. The van der Waals surface area contributed by atoms with E-state index < -0.39 is 19.6 Å². The molecule has 0 saturated heterocycles. The Kier molecular flexibility index (Phi) is 6.03. The van der Waals surface area contributed by atoms with Crippen LogP contribution < -0.4 is 0 Å². The average Bonchev–Trinajstić information content (AvgIpc) is 3.39. The maximum Gasteiger partial charge on any atom is 0.216 e. The van der Waals surface area contributed by atoms with E-state index >= 15 is 0 Å². The van der Waals surface area contributed by atoms with Crippen molar-refractivity contribution in [3.63, 3.8) is 0 Å². The van der Waals surface area contributed by atoms with E-state index in [2.05, 4.69) is 27.1 Å². The molecule has 0 amide bonds. The number of aryl methyl sites for hydroxylation is 3. The van der Waals surface area contributed by atoms with Crippen molar-refractivity contribution in [1.82, 2.24) is 15.0 Å². The van der Waals surface area contributed by atoms with E-state index in [1.807, 2.05) is 56.3 Å². The summed E-state index contributed by atoms with van der Waals surface area (Å²) < 4.78 is 58.2. The van der Waals surface area contributed by atoms with Gasteiger partial charge in [-0.05, 0) is 54.8 Å². The van der Waals surface area contributed by atoms with Gasteiger partial charge in [-0.25, -0.2) is 4.98 Å². The molecular weight excluding hydrogens is 647 g/mol. The second-order valence-electron chi connectivity index (χ2n) is 8.76. The minimum atomic E-state index is -2.12. The monoisotopic (exact) mass is 683 g/mol. The molecule has 4 nitrogen and oxygen atoms in total. The van der Waals surface area contributed by atoms with E-state index in [1.54, 1.807) is 30.5 Å². The molecule has 0 spiro atoms. The molecule has 0 fully saturated rings. The van der Waals surface area contributed by atoms with Crippen molar-refractivity contribution in [3.05, 3.63) is 114 Å². The summed E-state index contributed by atoms with van der Waals surface area (Å²) in [4.78, 5) is 12.9. The Hall–Kier alpha value is -3.66. The zero-order valence-electron chi connectivity index (χ0n) is 27.9. The predicted octanol–water partition coefficient (Wildman–Crippen LogP) is 8.44. The SMILES string of the molecule is [2H]C([2H])c1ccc2c(n1)oc1c(-c3cc(C([2H])(C)C)ccn3)[c-]ccc12.[2H]Cc1c[c-]c(-c2ccc(C([2H])([2H])[2H])cn2)cc1.[Ir]. The first-order valence-corrected chi connectivity index (χ1v) is 11.7. The number of benzene rings is 2. The molecule has 4 heterocycles. The average molecular weight is 683 g/mol. The van der Waals surface area contributed by atoms with Gasteiger partial charge in [0.05, 0.1) is 5.58 Å². The second-order valence-corrected chi connectivity index (χ2v) is 8.76. The fourth-order valence-corrected chi connectivity index (χ4v) is 3.87. The second kappa shape index (κ2) is 11.8. The van der Waals surface area contributed by atoms with E-state index in [4.69, 9.17) is 14.0 Å². The topological polar surface area (TPSA) is 51.8 Å². The van der Waals surface area contributed by atoms with E-state index in [0.717, 1.165) is 27.5 Å². The Morgan fingerprint density at radius 2 is 1.82 bits per heavy atom. The molecule has 0 unspecified atom stereocenters. The van der Waals surface area contributed by atoms with Gasteiger partial charge in [-0.2, -0.15) is 0 Å². The smallest absolute Gasteiger partial charge is 0.216 e. The minimum Gasteiger partial charge on any atom is -0.486 e. The van der Waals surface area contributed by atoms with Crippen LogP contribution in [0.3, 0.4) is 0 Å². The number of nitrogens with zero attached hydrogens (tertiary/aromatic N) is 3. The molecule has 193 valence electrons. The number of rotatable bonds is 3. The van der Waals surface area contributed by atoms with E-state index in [-0.39, 0.29) is 32.6 Å². The molecule has 0 aliphatic carbocycles. The summed E-state index contributed by atoms with van der Waals surface area (Å²) in [5, 5.41) is 1.72. The van der Waals surface area contributed by atoms with Crippen molar-refractivity contribution in [2.45, 2.75) is 40.4 Å². The number of aromatic nitrogens is 3. The summed E-state index contributed by atoms with van der Waals surface area (Å²) in [6.07, 6.45) is 3.06. The van der Waals surface area contributed by atoms with Crippen LogP contribution in [0.1, 0.15) is 51.7 Å². The Bertz CT molecular complexity index is 1900. The van der Waals surface area contributed by atoms with Crippen LogP contribution in [0.5, 0.6) is 0 Å². The van der Waals surface area contributed by atoms with Gasteiger partial charge >= 0.3 is 0 Å². The summed E-state index contributed by atoms with van der Waals surface area (Å²) >= 11 is 0. The van der Waals surface area contributed by atoms with Gasteiger partial charge in [-0.1, -0.05) is 55.5 Å². The van der Waals surface area contributed by atoms with Crippen LogP contribution in [-0.4, -0.2) is 15.0 Å². The van der Waals surface area contributed by atoms with E-state index in [9.17, 15) is 0 Å². The van der Waals surface area contributed by atoms with Crippen LogP contribution in [0.2, 0.25) is 0 Å². The molecule has 6 rings (SSSR count). The Morgan fingerprint density at radius 3 is 2.53 bits per heavy atom. The fourth-order valence-electron chi connectivity index (χ4n) is 3.87. The molecule has 0 atom stereocenters. The number of hydrogen-bond donors (Lipinski definition) is 0. The Labute approximate surface area is 247 Å². The van der Waals surface area contributed by atoms with Crippen molar-refractivity contribution in [2.75, 3.05) is 0 Å². The molecule has 0 N–H and O–H groups in total. The van der Waals surface area contributed by atoms with Crippen LogP contribution in [0.15, 0.2) is 83.5 Å². The minimum absolute atomic E-state index is 0. The zero-order valence-corrected chi connectivity index (χ0v) is 23.3. The molecule has 0 aliphatic rings. The number of pyridine rings is 3. The molecule has 1 radical (unpaired) electrons.